The van der Waals surface area contributed by atoms with Gasteiger partial charge in [0.1, 0.15) is 6.61 Å². The smallest absolute Gasteiger partial charge is 0.390 e. The zero-order valence-corrected chi connectivity index (χ0v) is 19.0. The van der Waals surface area contributed by atoms with Crippen LogP contribution < -0.4 is 0 Å². The molecule has 1 aromatic heterocycles. The van der Waals surface area contributed by atoms with E-state index in [1.54, 1.807) is 0 Å². The zero-order chi connectivity index (χ0) is 23.6. The molecule has 2 aromatic carbocycles. The van der Waals surface area contributed by atoms with Crippen molar-refractivity contribution in [3.05, 3.63) is 93.7 Å². The lowest BCUT2D eigenvalue weighted by molar-refractivity contribution is -0.389. The van der Waals surface area contributed by atoms with Crippen LogP contribution in [0.3, 0.4) is 0 Å². The fraction of sp³-hybridized carbons (Fsp3) is 0.333. The van der Waals surface area contributed by atoms with Gasteiger partial charge in [-0.15, -0.1) is 0 Å². The fourth-order valence-corrected chi connectivity index (χ4v) is 3.41. The van der Waals surface area contributed by atoms with Gasteiger partial charge in [0, 0.05) is 26.2 Å². The molecule has 0 spiro atoms. The molecule has 0 unspecified atom stereocenters. The van der Waals surface area contributed by atoms with E-state index in [2.05, 4.69) is 10.00 Å². The first kappa shape index (κ1) is 24.1. The highest BCUT2D eigenvalue weighted by Gasteiger charge is 2.24. The Balaban J connectivity index is 1.54. The van der Waals surface area contributed by atoms with E-state index in [-0.39, 0.29) is 18.1 Å². The molecule has 1 heterocycles. The predicted molar refractivity (Wildman–Crippen MR) is 125 cm³/mol. The summed E-state index contributed by atoms with van der Waals surface area (Å²) in [5, 5.41) is 15.2. The molecule has 0 aliphatic carbocycles. The lowest BCUT2D eigenvalue weighted by atomic mass is 10.2. The van der Waals surface area contributed by atoms with Gasteiger partial charge in [0.25, 0.3) is 0 Å². The van der Waals surface area contributed by atoms with Gasteiger partial charge in [0.2, 0.25) is 0 Å². The van der Waals surface area contributed by atoms with Crippen LogP contribution in [-0.4, -0.2) is 64.3 Å². The summed E-state index contributed by atoms with van der Waals surface area (Å²) in [5.41, 5.74) is 2.41. The molecule has 0 aliphatic heterocycles. The van der Waals surface area contributed by atoms with Gasteiger partial charge in [0.05, 0.1) is 17.7 Å². The van der Waals surface area contributed by atoms with Gasteiger partial charge in [-0.05, 0) is 30.1 Å². The maximum absolute atomic E-state index is 12.6. The number of carbonyl (C=O) groups excluding carboxylic acids is 1. The van der Waals surface area contributed by atoms with Crippen LogP contribution >= 0.6 is 0 Å². The molecular formula is C24H29N5O4. The maximum atomic E-state index is 12.6. The number of nitro groups is 1. The van der Waals surface area contributed by atoms with Gasteiger partial charge in [-0.1, -0.05) is 60.7 Å². The Hall–Kier alpha value is -3.56. The van der Waals surface area contributed by atoms with Gasteiger partial charge in [-0.3, -0.25) is 4.90 Å². The number of likely N-dealkylation sites (N-methyl/N-ethyl adjacent to an activating group) is 2. The van der Waals surface area contributed by atoms with Crippen molar-refractivity contribution >= 4 is 11.8 Å². The van der Waals surface area contributed by atoms with Crippen molar-refractivity contribution in [2.24, 2.45) is 0 Å². The Morgan fingerprint density at radius 1 is 0.970 bits per heavy atom. The first-order valence-corrected chi connectivity index (χ1v) is 10.8. The molecule has 0 bridgehead atoms. The highest BCUT2D eigenvalue weighted by molar-refractivity contribution is 5.88. The van der Waals surface area contributed by atoms with E-state index < -0.39 is 10.9 Å². The van der Waals surface area contributed by atoms with Crippen molar-refractivity contribution in [2.75, 3.05) is 33.8 Å². The third kappa shape index (κ3) is 7.51. The van der Waals surface area contributed by atoms with Gasteiger partial charge in [-0.25, -0.2) is 4.79 Å². The lowest BCUT2D eigenvalue weighted by Gasteiger charge is -2.17. The van der Waals surface area contributed by atoms with Crippen LogP contribution in [0.4, 0.5) is 5.82 Å². The molecule has 9 heteroatoms. The number of carbonyl (C=O) groups is 1. The van der Waals surface area contributed by atoms with E-state index in [0.29, 0.717) is 19.6 Å². The number of esters is 1. The quantitative estimate of drug-likeness (QED) is 0.237. The monoisotopic (exact) mass is 451 g/mol. The van der Waals surface area contributed by atoms with Crippen molar-refractivity contribution in [3.8, 4) is 0 Å². The van der Waals surface area contributed by atoms with Crippen molar-refractivity contribution in [1.29, 1.82) is 0 Å². The zero-order valence-electron chi connectivity index (χ0n) is 19.0. The number of nitrogens with zero attached hydrogens (tertiary/aromatic N) is 5. The largest absolute Gasteiger partial charge is 0.460 e. The minimum Gasteiger partial charge on any atom is -0.460 e. The van der Waals surface area contributed by atoms with E-state index in [1.165, 1.54) is 16.3 Å². The number of rotatable bonds is 12. The second-order valence-electron chi connectivity index (χ2n) is 7.95. The highest BCUT2D eigenvalue weighted by atomic mass is 16.6. The van der Waals surface area contributed by atoms with Crippen molar-refractivity contribution in [3.63, 3.8) is 0 Å². The van der Waals surface area contributed by atoms with Gasteiger partial charge < -0.3 is 19.8 Å². The Morgan fingerprint density at radius 3 is 2.06 bits per heavy atom. The van der Waals surface area contributed by atoms with E-state index in [1.807, 2.05) is 79.7 Å². The van der Waals surface area contributed by atoms with Crippen LogP contribution in [0.2, 0.25) is 0 Å². The van der Waals surface area contributed by atoms with Crippen LogP contribution in [0.25, 0.3) is 0 Å². The second-order valence-corrected chi connectivity index (χ2v) is 7.95. The molecular weight excluding hydrogens is 422 g/mol. The molecule has 9 nitrogen and oxygen atoms in total. The topological polar surface area (TPSA) is 93.7 Å². The summed E-state index contributed by atoms with van der Waals surface area (Å²) >= 11 is 0. The maximum Gasteiger partial charge on any atom is 0.390 e. The van der Waals surface area contributed by atoms with E-state index >= 15 is 0 Å². The minimum absolute atomic E-state index is 0.0838. The van der Waals surface area contributed by atoms with Crippen LogP contribution in [-0.2, 0) is 24.4 Å². The molecule has 0 saturated carbocycles. The fourth-order valence-electron chi connectivity index (χ4n) is 3.41. The standard InChI is InChI=1S/C24H29N5O4/c1-26(18-20-9-5-3-6-10-20)13-14-28-22(17-23(25-28)29(31)32)24(30)33-16-15-27(2)19-21-11-7-4-8-12-21/h3-12,17H,13-16,18-19H2,1-2H3. The van der Waals surface area contributed by atoms with E-state index in [4.69, 9.17) is 4.74 Å². The predicted octanol–water partition coefficient (Wildman–Crippen LogP) is 3.21. The summed E-state index contributed by atoms with van der Waals surface area (Å²) in [7, 11) is 3.89. The molecule has 0 fully saturated rings. The summed E-state index contributed by atoms with van der Waals surface area (Å²) in [6.45, 7) is 3.06. The Labute approximate surface area is 193 Å². The molecule has 33 heavy (non-hydrogen) atoms. The van der Waals surface area contributed by atoms with Gasteiger partial charge in [-0.2, -0.15) is 4.68 Å². The van der Waals surface area contributed by atoms with E-state index in [9.17, 15) is 14.9 Å². The SMILES string of the molecule is CN(CCOC(=O)c1cc([N+](=O)[O-])nn1CCN(C)Cc1ccccc1)Cc1ccccc1. The number of hydrogen-bond acceptors (Lipinski definition) is 7. The first-order chi connectivity index (χ1) is 15.9. The molecule has 174 valence electrons. The number of ether oxygens (including phenoxy) is 1. The molecule has 0 saturated heterocycles. The summed E-state index contributed by atoms with van der Waals surface area (Å²) in [5.74, 6) is -0.983. The molecule has 0 atom stereocenters. The van der Waals surface area contributed by atoms with Crippen molar-refractivity contribution in [2.45, 2.75) is 19.6 Å². The Morgan fingerprint density at radius 2 is 1.52 bits per heavy atom. The van der Waals surface area contributed by atoms with Crippen LogP contribution in [0.1, 0.15) is 21.6 Å². The lowest BCUT2D eigenvalue weighted by Crippen LogP contribution is -2.26. The molecule has 0 radical (unpaired) electrons. The summed E-state index contributed by atoms with van der Waals surface area (Å²) in [6, 6.07) is 21.2. The molecule has 3 aromatic rings. The number of aromatic nitrogens is 2. The minimum atomic E-state index is -0.616. The summed E-state index contributed by atoms with van der Waals surface area (Å²) in [6.07, 6.45) is 0. The van der Waals surface area contributed by atoms with Gasteiger partial charge >= 0.3 is 11.8 Å². The third-order valence-corrected chi connectivity index (χ3v) is 5.15. The number of hydrogen-bond donors (Lipinski definition) is 0. The third-order valence-electron chi connectivity index (χ3n) is 5.15. The van der Waals surface area contributed by atoms with Crippen molar-refractivity contribution in [1.82, 2.24) is 19.6 Å². The molecule has 3 rings (SSSR count). The second kappa shape index (κ2) is 11.9. The van der Waals surface area contributed by atoms with E-state index in [0.717, 1.165) is 18.7 Å². The molecule has 0 N–H and O–H groups in total. The summed E-state index contributed by atoms with van der Waals surface area (Å²) in [4.78, 5) is 27.4. The average Bonchev–Trinajstić information content (AvgIpc) is 3.24. The van der Waals surface area contributed by atoms with Crippen LogP contribution in [0.15, 0.2) is 66.7 Å². The average molecular weight is 452 g/mol. The van der Waals surface area contributed by atoms with Gasteiger partial charge in [0.15, 0.2) is 5.69 Å². The van der Waals surface area contributed by atoms with Crippen LogP contribution in [0.5, 0.6) is 0 Å². The van der Waals surface area contributed by atoms with Crippen LogP contribution in [0, 0.1) is 10.1 Å². The Kier molecular flexibility index (Phi) is 8.68. The summed E-state index contributed by atoms with van der Waals surface area (Å²) < 4.78 is 6.75. The van der Waals surface area contributed by atoms with Crippen molar-refractivity contribution < 1.29 is 14.5 Å². The molecule has 0 amide bonds. The molecule has 0 aliphatic rings. The highest BCUT2D eigenvalue weighted by Crippen LogP contribution is 2.14. The Bertz CT molecular complexity index is 1040. The normalized spacial score (nSPS) is 11.2. The number of benzene rings is 2. The first-order valence-electron chi connectivity index (χ1n) is 10.8.